The number of carbonyl (C=O) groups excluding carboxylic acids is 1. The Morgan fingerprint density at radius 2 is 1.82 bits per heavy atom. The van der Waals surface area contributed by atoms with Gasteiger partial charge in [-0.1, -0.05) is 12.8 Å². The lowest BCUT2D eigenvalue weighted by Gasteiger charge is -2.16. The maximum Gasteiger partial charge on any atom is 0.261 e. The van der Waals surface area contributed by atoms with Gasteiger partial charge in [0.05, 0.1) is 10.9 Å². The number of hydrogen-bond acceptors (Lipinski definition) is 3. The molecule has 144 valence electrons. The predicted octanol–water partition coefficient (Wildman–Crippen LogP) is 4.04. The van der Waals surface area contributed by atoms with Gasteiger partial charge in [-0.15, -0.1) is 0 Å². The van der Waals surface area contributed by atoms with E-state index >= 15 is 0 Å². The smallest absolute Gasteiger partial charge is 0.261 e. The molecule has 1 aliphatic heterocycles. The summed E-state index contributed by atoms with van der Waals surface area (Å²) in [4.78, 5) is 29.9. The van der Waals surface area contributed by atoms with E-state index in [-0.39, 0.29) is 11.2 Å². The molecule has 1 N–H and O–H groups in total. The molecular weight excluding hydrogens is 364 g/mol. The highest BCUT2D eigenvalue weighted by Crippen LogP contribution is 2.18. The molecule has 2 aromatic carbocycles. The third kappa shape index (κ3) is 3.52. The van der Waals surface area contributed by atoms with Crippen molar-refractivity contribution in [3.63, 3.8) is 0 Å². The molecule has 0 saturated carbocycles. The number of aromatic nitrogens is 2. The lowest BCUT2D eigenvalue weighted by Crippen LogP contribution is -2.26. The maximum atomic E-state index is 13.3. The van der Waals surface area contributed by atoms with Gasteiger partial charge in [-0.3, -0.25) is 14.2 Å². The second-order valence-corrected chi connectivity index (χ2v) is 6.96. The summed E-state index contributed by atoms with van der Waals surface area (Å²) >= 11 is 0. The molecule has 1 amide bonds. The van der Waals surface area contributed by atoms with E-state index in [2.05, 4.69) is 10.3 Å². The van der Waals surface area contributed by atoms with Gasteiger partial charge in [-0.2, -0.15) is 0 Å². The van der Waals surface area contributed by atoms with Gasteiger partial charge in [-0.05, 0) is 43.2 Å². The summed E-state index contributed by atoms with van der Waals surface area (Å²) in [7, 11) is 0. The molecule has 0 radical (unpaired) electrons. The Labute approximate surface area is 160 Å². The van der Waals surface area contributed by atoms with Gasteiger partial charge >= 0.3 is 0 Å². The summed E-state index contributed by atoms with van der Waals surface area (Å²) in [5.74, 6) is -1.76. The molecule has 7 heteroatoms. The van der Waals surface area contributed by atoms with Crippen molar-refractivity contribution in [1.82, 2.24) is 9.55 Å². The molecule has 4 rings (SSSR count). The number of anilines is 1. The number of nitrogens with zero attached hydrogens (tertiary/aromatic N) is 2. The number of nitrogens with one attached hydrogen (secondary N) is 1. The zero-order chi connectivity index (χ0) is 19.7. The standard InChI is InChI=1S/C21H19F2N3O2/c22-16-9-7-14(12-17(16)23)24-20(27)13-6-8-15-18(11-13)25-19-5-3-1-2-4-10-26(19)21(15)28/h6-9,11-12H,1-5,10H2,(H,24,27). The Kier molecular flexibility index (Phi) is 4.90. The first kappa shape index (κ1) is 18.3. The van der Waals surface area contributed by atoms with Gasteiger partial charge in [0.15, 0.2) is 11.6 Å². The van der Waals surface area contributed by atoms with Crippen LogP contribution in [0.1, 0.15) is 41.9 Å². The number of halogens is 2. The zero-order valence-electron chi connectivity index (χ0n) is 15.2. The Bertz CT molecular complexity index is 1120. The Morgan fingerprint density at radius 3 is 2.64 bits per heavy atom. The van der Waals surface area contributed by atoms with Crippen LogP contribution in [0.3, 0.4) is 0 Å². The summed E-state index contributed by atoms with van der Waals surface area (Å²) < 4.78 is 28.1. The van der Waals surface area contributed by atoms with Crippen LogP contribution < -0.4 is 10.9 Å². The van der Waals surface area contributed by atoms with Crippen LogP contribution in [-0.2, 0) is 13.0 Å². The van der Waals surface area contributed by atoms with Crippen molar-refractivity contribution < 1.29 is 13.6 Å². The van der Waals surface area contributed by atoms with E-state index < -0.39 is 17.5 Å². The lowest BCUT2D eigenvalue weighted by molar-refractivity contribution is 0.102. The average molecular weight is 383 g/mol. The Balaban J connectivity index is 1.68. The van der Waals surface area contributed by atoms with E-state index in [4.69, 9.17) is 0 Å². The molecule has 0 atom stereocenters. The van der Waals surface area contributed by atoms with Crippen molar-refractivity contribution in [1.29, 1.82) is 0 Å². The summed E-state index contributed by atoms with van der Waals surface area (Å²) in [6.45, 7) is 0.662. The molecule has 0 unspecified atom stereocenters. The molecule has 5 nitrogen and oxygen atoms in total. The van der Waals surface area contributed by atoms with Crippen LogP contribution in [0.4, 0.5) is 14.5 Å². The molecule has 0 bridgehead atoms. The topological polar surface area (TPSA) is 64.0 Å². The van der Waals surface area contributed by atoms with Gasteiger partial charge in [0.25, 0.3) is 11.5 Å². The molecule has 1 aromatic heterocycles. The van der Waals surface area contributed by atoms with Crippen molar-refractivity contribution >= 4 is 22.5 Å². The molecule has 1 aliphatic rings. The first-order valence-corrected chi connectivity index (χ1v) is 9.33. The second kappa shape index (κ2) is 7.50. The van der Waals surface area contributed by atoms with Crippen molar-refractivity contribution in [3.05, 3.63) is 69.8 Å². The van der Waals surface area contributed by atoms with Crippen LogP contribution >= 0.6 is 0 Å². The van der Waals surface area contributed by atoms with E-state index in [1.165, 1.54) is 12.1 Å². The molecule has 28 heavy (non-hydrogen) atoms. The number of carbonyl (C=O) groups is 1. The summed E-state index contributed by atoms with van der Waals surface area (Å²) in [5, 5.41) is 3.00. The molecule has 0 aliphatic carbocycles. The van der Waals surface area contributed by atoms with Gasteiger partial charge in [0, 0.05) is 30.3 Å². The summed E-state index contributed by atoms with van der Waals surface area (Å²) in [5.41, 5.74) is 0.819. The van der Waals surface area contributed by atoms with Crippen LogP contribution in [0, 0.1) is 11.6 Å². The maximum absolute atomic E-state index is 13.3. The van der Waals surface area contributed by atoms with E-state index in [1.54, 1.807) is 16.7 Å². The third-order valence-electron chi connectivity index (χ3n) is 5.01. The number of fused-ring (bicyclic) bond motifs is 2. The van der Waals surface area contributed by atoms with Gasteiger partial charge in [0.2, 0.25) is 0 Å². The highest BCUT2D eigenvalue weighted by atomic mass is 19.2. The van der Waals surface area contributed by atoms with Crippen LogP contribution in [0.2, 0.25) is 0 Å². The second-order valence-electron chi connectivity index (χ2n) is 6.96. The van der Waals surface area contributed by atoms with E-state index in [9.17, 15) is 18.4 Å². The van der Waals surface area contributed by atoms with Crippen LogP contribution in [0.5, 0.6) is 0 Å². The minimum Gasteiger partial charge on any atom is -0.322 e. The number of rotatable bonds is 2. The minimum atomic E-state index is -1.04. The summed E-state index contributed by atoms with van der Waals surface area (Å²) in [6.07, 6.45) is 4.89. The van der Waals surface area contributed by atoms with E-state index in [0.717, 1.165) is 50.1 Å². The van der Waals surface area contributed by atoms with Gasteiger partial charge in [0.1, 0.15) is 5.82 Å². The third-order valence-corrected chi connectivity index (χ3v) is 5.01. The van der Waals surface area contributed by atoms with Crippen LogP contribution in [0.25, 0.3) is 10.9 Å². The molecule has 0 spiro atoms. The zero-order valence-corrected chi connectivity index (χ0v) is 15.2. The van der Waals surface area contributed by atoms with Crippen molar-refractivity contribution in [2.24, 2.45) is 0 Å². The summed E-state index contributed by atoms with van der Waals surface area (Å²) in [6, 6.07) is 7.84. The minimum absolute atomic E-state index is 0.0885. The predicted molar refractivity (Wildman–Crippen MR) is 102 cm³/mol. The van der Waals surface area contributed by atoms with E-state index in [0.29, 0.717) is 23.0 Å². The first-order chi connectivity index (χ1) is 13.5. The largest absolute Gasteiger partial charge is 0.322 e. The fourth-order valence-electron chi connectivity index (χ4n) is 3.51. The number of amides is 1. The monoisotopic (exact) mass is 383 g/mol. The number of aryl methyl sites for hydroxylation is 1. The lowest BCUT2D eigenvalue weighted by atomic mass is 10.1. The molecule has 0 fully saturated rings. The molecular formula is C21H19F2N3O2. The molecule has 2 heterocycles. The first-order valence-electron chi connectivity index (χ1n) is 9.33. The SMILES string of the molecule is O=C(Nc1ccc(F)c(F)c1)c1ccc2c(=O)n3c(nc2c1)CCCCCC3. The van der Waals surface area contributed by atoms with Crippen molar-refractivity contribution in [2.75, 3.05) is 5.32 Å². The fourth-order valence-corrected chi connectivity index (χ4v) is 3.51. The normalized spacial score (nSPS) is 14.2. The molecule has 0 saturated heterocycles. The van der Waals surface area contributed by atoms with Gasteiger partial charge in [-0.25, -0.2) is 13.8 Å². The van der Waals surface area contributed by atoms with Gasteiger partial charge < -0.3 is 5.32 Å². The Morgan fingerprint density at radius 1 is 1.00 bits per heavy atom. The van der Waals surface area contributed by atoms with E-state index in [1.807, 2.05) is 0 Å². The number of benzene rings is 2. The highest BCUT2D eigenvalue weighted by molar-refractivity contribution is 6.06. The quantitative estimate of drug-likeness (QED) is 0.726. The molecule has 3 aromatic rings. The van der Waals surface area contributed by atoms with Crippen LogP contribution in [-0.4, -0.2) is 15.5 Å². The average Bonchev–Trinajstić information content (AvgIpc) is 2.66. The van der Waals surface area contributed by atoms with Crippen LogP contribution in [0.15, 0.2) is 41.2 Å². The van der Waals surface area contributed by atoms with Crippen molar-refractivity contribution in [2.45, 2.75) is 38.6 Å². The Hall–Kier alpha value is -3.09. The highest BCUT2D eigenvalue weighted by Gasteiger charge is 2.15. The number of hydrogen-bond donors (Lipinski definition) is 1. The fraction of sp³-hybridized carbons (Fsp3) is 0.286. The van der Waals surface area contributed by atoms with Crippen molar-refractivity contribution in [3.8, 4) is 0 Å².